The highest BCUT2D eigenvalue weighted by Gasteiger charge is 2.14. The van der Waals surface area contributed by atoms with Gasteiger partial charge in [0.25, 0.3) is 0 Å². The van der Waals surface area contributed by atoms with Crippen LogP contribution in [-0.2, 0) is 6.54 Å². The van der Waals surface area contributed by atoms with Crippen LogP contribution in [0.25, 0.3) is 0 Å². The molecule has 3 heteroatoms. The van der Waals surface area contributed by atoms with Crippen LogP contribution >= 0.6 is 15.9 Å². The minimum Gasteiger partial charge on any atom is -0.399 e. The first-order valence-electron chi connectivity index (χ1n) is 5.53. The van der Waals surface area contributed by atoms with Gasteiger partial charge in [-0.25, -0.2) is 0 Å². The normalized spacial score (nSPS) is 17.1. The van der Waals surface area contributed by atoms with Gasteiger partial charge in [-0.15, -0.1) is 0 Å². The van der Waals surface area contributed by atoms with E-state index in [2.05, 4.69) is 27.3 Å². The van der Waals surface area contributed by atoms with Crippen LogP contribution < -0.4 is 11.1 Å². The lowest BCUT2D eigenvalue weighted by Crippen LogP contribution is -2.25. The van der Waals surface area contributed by atoms with Gasteiger partial charge < -0.3 is 11.1 Å². The second-order valence-corrected chi connectivity index (χ2v) is 5.07. The largest absolute Gasteiger partial charge is 0.399 e. The first kappa shape index (κ1) is 11.0. The summed E-state index contributed by atoms with van der Waals surface area (Å²) in [6.07, 6.45) is 5.40. The summed E-state index contributed by atoms with van der Waals surface area (Å²) in [6.45, 7) is 0.936. The Morgan fingerprint density at radius 3 is 2.73 bits per heavy atom. The molecule has 0 amide bonds. The maximum absolute atomic E-state index is 5.70. The molecule has 0 bridgehead atoms. The number of hydrogen-bond acceptors (Lipinski definition) is 2. The van der Waals surface area contributed by atoms with E-state index in [0.29, 0.717) is 0 Å². The predicted octanol–water partition coefficient (Wildman–Crippen LogP) is 3.06. The third-order valence-electron chi connectivity index (χ3n) is 3.01. The SMILES string of the molecule is Nc1ccc(CNC2CCCC2)c(Br)c1. The summed E-state index contributed by atoms with van der Waals surface area (Å²) < 4.78 is 1.10. The van der Waals surface area contributed by atoms with Gasteiger partial charge in [0, 0.05) is 22.7 Å². The van der Waals surface area contributed by atoms with Crippen molar-refractivity contribution in [3.05, 3.63) is 28.2 Å². The number of nitrogens with one attached hydrogen (secondary N) is 1. The smallest absolute Gasteiger partial charge is 0.0325 e. The molecule has 0 spiro atoms. The molecule has 0 aliphatic heterocycles. The Morgan fingerprint density at radius 1 is 1.33 bits per heavy atom. The summed E-state index contributed by atoms with van der Waals surface area (Å²) in [7, 11) is 0. The lowest BCUT2D eigenvalue weighted by Gasteiger charge is -2.12. The Labute approximate surface area is 99.4 Å². The van der Waals surface area contributed by atoms with Crippen molar-refractivity contribution < 1.29 is 0 Å². The van der Waals surface area contributed by atoms with Crippen LogP contribution in [0.5, 0.6) is 0 Å². The van der Waals surface area contributed by atoms with Crippen LogP contribution in [0.2, 0.25) is 0 Å². The molecule has 2 nitrogen and oxygen atoms in total. The molecular formula is C12H17BrN2. The van der Waals surface area contributed by atoms with E-state index in [1.165, 1.54) is 31.2 Å². The summed E-state index contributed by atoms with van der Waals surface area (Å²) in [4.78, 5) is 0. The van der Waals surface area contributed by atoms with E-state index >= 15 is 0 Å². The van der Waals surface area contributed by atoms with Crippen LogP contribution in [0.4, 0.5) is 5.69 Å². The zero-order valence-corrected chi connectivity index (χ0v) is 10.4. The zero-order chi connectivity index (χ0) is 10.7. The van der Waals surface area contributed by atoms with Crippen molar-refractivity contribution in [1.29, 1.82) is 0 Å². The second kappa shape index (κ2) is 4.99. The van der Waals surface area contributed by atoms with Crippen LogP contribution in [0.1, 0.15) is 31.2 Å². The molecule has 82 valence electrons. The first-order chi connectivity index (χ1) is 7.25. The van der Waals surface area contributed by atoms with Crippen LogP contribution in [0.3, 0.4) is 0 Å². The topological polar surface area (TPSA) is 38.0 Å². The number of nitrogens with two attached hydrogens (primary N) is 1. The minimum atomic E-state index is 0.717. The van der Waals surface area contributed by atoms with Crippen molar-refractivity contribution in [2.75, 3.05) is 5.73 Å². The summed E-state index contributed by atoms with van der Waals surface area (Å²) in [5.74, 6) is 0. The van der Waals surface area contributed by atoms with Crippen molar-refractivity contribution in [2.45, 2.75) is 38.3 Å². The average Bonchev–Trinajstić information content (AvgIpc) is 2.69. The zero-order valence-electron chi connectivity index (χ0n) is 8.80. The van der Waals surface area contributed by atoms with Gasteiger partial charge in [0.2, 0.25) is 0 Å². The van der Waals surface area contributed by atoms with Crippen molar-refractivity contribution in [2.24, 2.45) is 0 Å². The maximum Gasteiger partial charge on any atom is 0.0325 e. The summed E-state index contributed by atoms with van der Waals surface area (Å²) in [5, 5.41) is 3.59. The molecule has 1 aromatic rings. The number of rotatable bonds is 3. The first-order valence-corrected chi connectivity index (χ1v) is 6.32. The van der Waals surface area contributed by atoms with Gasteiger partial charge in [-0.3, -0.25) is 0 Å². The van der Waals surface area contributed by atoms with Gasteiger partial charge in [-0.05, 0) is 30.5 Å². The third-order valence-corrected chi connectivity index (χ3v) is 3.75. The Bertz CT molecular complexity index is 332. The molecule has 0 aromatic heterocycles. The highest BCUT2D eigenvalue weighted by atomic mass is 79.9. The number of nitrogen functional groups attached to an aromatic ring is 1. The number of hydrogen-bond donors (Lipinski definition) is 2. The van der Waals surface area contributed by atoms with Gasteiger partial charge in [0.15, 0.2) is 0 Å². The Kier molecular flexibility index (Phi) is 3.65. The number of benzene rings is 1. The van der Waals surface area contributed by atoms with E-state index in [9.17, 15) is 0 Å². The maximum atomic E-state index is 5.70. The summed E-state index contributed by atoms with van der Waals surface area (Å²) >= 11 is 3.54. The fraction of sp³-hybridized carbons (Fsp3) is 0.500. The van der Waals surface area contributed by atoms with Crippen molar-refractivity contribution in [3.63, 3.8) is 0 Å². The molecule has 15 heavy (non-hydrogen) atoms. The average molecular weight is 269 g/mol. The van der Waals surface area contributed by atoms with E-state index in [0.717, 1.165) is 22.7 Å². The highest BCUT2D eigenvalue weighted by molar-refractivity contribution is 9.10. The summed E-state index contributed by atoms with van der Waals surface area (Å²) in [5.41, 5.74) is 7.80. The monoisotopic (exact) mass is 268 g/mol. The molecule has 0 heterocycles. The number of anilines is 1. The molecule has 1 aliphatic carbocycles. The number of halogens is 1. The standard InChI is InChI=1S/C12H17BrN2/c13-12-7-10(14)6-5-9(12)8-15-11-3-1-2-4-11/h5-7,11,15H,1-4,8,14H2. The second-order valence-electron chi connectivity index (χ2n) is 4.21. The quantitative estimate of drug-likeness (QED) is 0.828. The van der Waals surface area contributed by atoms with E-state index in [1.807, 2.05) is 12.1 Å². The van der Waals surface area contributed by atoms with Gasteiger partial charge in [0.05, 0.1) is 0 Å². The molecule has 0 saturated heterocycles. The highest BCUT2D eigenvalue weighted by Crippen LogP contribution is 2.22. The van der Waals surface area contributed by atoms with E-state index in [-0.39, 0.29) is 0 Å². The van der Waals surface area contributed by atoms with Crippen LogP contribution in [-0.4, -0.2) is 6.04 Å². The van der Waals surface area contributed by atoms with Crippen molar-refractivity contribution >= 4 is 21.6 Å². The molecule has 0 radical (unpaired) electrons. The molecule has 1 aromatic carbocycles. The molecule has 1 saturated carbocycles. The van der Waals surface area contributed by atoms with Crippen LogP contribution in [0.15, 0.2) is 22.7 Å². The Balaban J connectivity index is 1.92. The molecule has 0 unspecified atom stereocenters. The van der Waals surface area contributed by atoms with Gasteiger partial charge in [-0.1, -0.05) is 34.8 Å². The molecular weight excluding hydrogens is 252 g/mol. The summed E-state index contributed by atoms with van der Waals surface area (Å²) in [6, 6.07) is 6.72. The fourth-order valence-electron chi connectivity index (χ4n) is 2.09. The predicted molar refractivity (Wildman–Crippen MR) is 67.7 cm³/mol. The van der Waals surface area contributed by atoms with Gasteiger partial charge in [0.1, 0.15) is 0 Å². The molecule has 1 aliphatic rings. The van der Waals surface area contributed by atoms with Crippen molar-refractivity contribution in [3.8, 4) is 0 Å². The van der Waals surface area contributed by atoms with Crippen molar-refractivity contribution in [1.82, 2.24) is 5.32 Å². The van der Waals surface area contributed by atoms with E-state index in [4.69, 9.17) is 5.73 Å². The Morgan fingerprint density at radius 2 is 2.07 bits per heavy atom. The van der Waals surface area contributed by atoms with E-state index in [1.54, 1.807) is 0 Å². The molecule has 0 atom stereocenters. The lowest BCUT2D eigenvalue weighted by molar-refractivity contribution is 0.523. The molecule has 2 rings (SSSR count). The van der Waals surface area contributed by atoms with Gasteiger partial charge in [-0.2, -0.15) is 0 Å². The Hall–Kier alpha value is -0.540. The fourth-order valence-corrected chi connectivity index (χ4v) is 2.63. The van der Waals surface area contributed by atoms with Gasteiger partial charge >= 0.3 is 0 Å². The molecule has 1 fully saturated rings. The lowest BCUT2D eigenvalue weighted by atomic mass is 10.2. The third kappa shape index (κ3) is 2.95. The molecule has 3 N–H and O–H groups in total. The minimum absolute atomic E-state index is 0.717. The van der Waals surface area contributed by atoms with Crippen LogP contribution in [0, 0.1) is 0 Å². The van der Waals surface area contributed by atoms with E-state index < -0.39 is 0 Å².